The van der Waals surface area contributed by atoms with Gasteiger partial charge in [0.2, 0.25) is 0 Å². The molecule has 2 heterocycles. The number of nitrogens with one attached hydrogen (secondary N) is 3. The van der Waals surface area contributed by atoms with E-state index in [1.54, 1.807) is 18.2 Å². The van der Waals surface area contributed by atoms with Crippen LogP contribution in [0.15, 0.2) is 36.5 Å². The fourth-order valence-corrected chi connectivity index (χ4v) is 2.16. The summed E-state index contributed by atoms with van der Waals surface area (Å²) in [6.07, 6.45) is -3.47. The van der Waals surface area contributed by atoms with Gasteiger partial charge in [-0.15, -0.1) is 0 Å². The van der Waals surface area contributed by atoms with Crippen molar-refractivity contribution >= 4 is 29.1 Å². The molecule has 0 bridgehead atoms. The molecule has 0 unspecified atom stereocenters. The van der Waals surface area contributed by atoms with E-state index < -0.39 is 23.9 Å². The Labute approximate surface area is 139 Å². The van der Waals surface area contributed by atoms with Gasteiger partial charge in [-0.1, -0.05) is 12.1 Å². The van der Waals surface area contributed by atoms with Crippen LogP contribution in [0.25, 0.3) is 0 Å². The number of halogens is 3. The molecule has 1 aliphatic heterocycles. The summed E-state index contributed by atoms with van der Waals surface area (Å²) in [5, 5.41) is 11.3. The van der Waals surface area contributed by atoms with E-state index in [1.807, 2.05) is 0 Å². The number of hydrogen-bond donors (Lipinski definition) is 3. The SMILES string of the molecule is O=C1[N]c2c(cccc2NC(=O)NCc2ccc(C(F)(F)F)nc2)N1. The zero-order valence-electron chi connectivity index (χ0n) is 12.5. The summed E-state index contributed by atoms with van der Waals surface area (Å²) in [6, 6.07) is 5.80. The number of benzene rings is 1. The minimum absolute atomic E-state index is 0.0136. The Morgan fingerprint density at radius 1 is 1.20 bits per heavy atom. The molecule has 3 N–H and O–H groups in total. The maximum atomic E-state index is 12.4. The first-order chi connectivity index (χ1) is 11.8. The highest BCUT2D eigenvalue weighted by Crippen LogP contribution is 2.34. The molecule has 2 aromatic rings. The van der Waals surface area contributed by atoms with Gasteiger partial charge < -0.3 is 16.0 Å². The lowest BCUT2D eigenvalue weighted by molar-refractivity contribution is -0.141. The summed E-state index contributed by atoms with van der Waals surface area (Å²) in [5.41, 5.74) is 0.537. The Morgan fingerprint density at radius 2 is 2.00 bits per heavy atom. The second-order valence-corrected chi connectivity index (χ2v) is 5.10. The monoisotopic (exact) mass is 350 g/mol. The van der Waals surface area contributed by atoms with Crippen LogP contribution in [0.3, 0.4) is 0 Å². The first-order valence-electron chi connectivity index (χ1n) is 7.05. The molecule has 1 aliphatic rings. The number of carbonyl (C=O) groups excluding carboxylic acids is 2. The normalized spacial score (nSPS) is 12.8. The molecule has 4 amide bonds. The molecule has 0 fully saturated rings. The second kappa shape index (κ2) is 6.30. The van der Waals surface area contributed by atoms with Gasteiger partial charge in [0.15, 0.2) is 0 Å². The van der Waals surface area contributed by atoms with Crippen LogP contribution in [0.4, 0.5) is 39.8 Å². The molecule has 0 saturated heterocycles. The van der Waals surface area contributed by atoms with Crippen LogP contribution in [0, 0.1) is 0 Å². The number of hydrogen-bond acceptors (Lipinski definition) is 3. The topological polar surface area (TPSA) is 97.2 Å². The number of aromatic nitrogens is 1. The van der Waals surface area contributed by atoms with Gasteiger partial charge in [0, 0.05) is 12.7 Å². The molecule has 7 nitrogen and oxygen atoms in total. The number of amides is 4. The van der Waals surface area contributed by atoms with Crippen molar-refractivity contribution in [2.24, 2.45) is 0 Å². The van der Waals surface area contributed by atoms with Gasteiger partial charge in [0.05, 0.1) is 11.4 Å². The van der Waals surface area contributed by atoms with Crippen molar-refractivity contribution in [2.45, 2.75) is 12.7 Å². The van der Waals surface area contributed by atoms with Gasteiger partial charge in [-0.25, -0.2) is 9.59 Å². The summed E-state index contributed by atoms with van der Waals surface area (Å²) in [5.74, 6) is 0. The Morgan fingerprint density at radius 3 is 2.68 bits per heavy atom. The lowest BCUT2D eigenvalue weighted by Gasteiger charge is -2.10. The number of fused-ring (bicyclic) bond motifs is 1. The van der Waals surface area contributed by atoms with E-state index in [0.29, 0.717) is 22.6 Å². The van der Waals surface area contributed by atoms with E-state index in [9.17, 15) is 22.8 Å². The molecule has 0 spiro atoms. The largest absolute Gasteiger partial charge is 0.433 e. The molecule has 3 rings (SSSR count). The molecular weight excluding hydrogens is 339 g/mol. The highest BCUT2D eigenvalue weighted by atomic mass is 19.4. The zero-order valence-corrected chi connectivity index (χ0v) is 12.5. The number of anilines is 2. The molecule has 129 valence electrons. The number of urea groups is 2. The van der Waals surface area contributed by atoms with E-state index in [0.717, 1.165) is 12.3 Å². The average molecular weight is 350 g/mol. The van der Waals surface area contributed by atoms with Gasteiger partial charge in [-0.05, 0) is 23.8 Å². The highest BCUT2D eigenvalue weighted by Gasteiger charge is 2.32. The number of alkyl halides is 3. The summed E-state index contributed by atoms with van der Waals surface area (Å²) in [4.78, 5) is 26.5. The summed E-state index contributed by atoms with van der Waals surface area (Å²) < 4.78 is 37.3. The first-order valence-corrected chi connectivity index (χ1v) is 7.05. The lowest BCUT2D eigenvalue weighted by Crippen LogP contribution is -2.28. The van der Waals surface area contributed by atoms with Gasteiger partial charge in [0.25, 0.3) is 0 Å². The van der Waals surface area contributed by atoms with Gasteiger partial charge in [0.1, 0.15) is 11.4 Å². The zero-order chi connectivity index (χ0) is 18.0. The number of carbonyl (C=O) groups is 2. The maximum Gasteiger partial charge on any atom is 0.433 e. The van der Waals surface area contributed by atoms with Crippen molar-refractivity contribution < 1.29 is 22.8 Å². The van der Waals surface area contributed by atoms with Crippen molar-refractivity contribution in [2.75, 3.05) is 10.6 Å². The molecule has 0 atom stereocenters. The fraction of sp³-hybridized carbons (Fsp3) is 0.133. The number of rotatable bonds is 3. The van der Waals surface area contributed by atoms with Gasteiger partial charge in [-0.2, -0.15) is 18.5 Å². The molecule has 25 heavy (non-hydrogen) atoms. The molecule has 0 saturated carbocycles. The van der Waals surface area contributed by atoms with Crippen LogP contribution in [0.1, 0.15) is 11.3 Å². The van der Waals surface area contributed by atoms with E-state index in [4.69, 9.17) is 0 Å². The minimum atomic E-state index is -4.51. The maximum absolute atomic E-state index is 12.4. The van der Waals surface area contributed by atoms with E-state index in [-0.39, 0.29) is 6.54 Å². The van der Waals surface area contributed by atoms with E-state index in [1.165, 1.54) is 6.07 Å². The predicted molar refractivity (Wildman–Crippen MR) is 82.4 cm³/mol. The molecule has 1 aromatic heterocycles. The van der Waals surface area contributed by atoms with E-state index in [2.05, 4.69) is 26.3 Å². The van der Waals surface area contributed by atoms with Crippen molar-refractivity contribution in [1.29, 1.82) is 0 Å². The molecule has 0 aliphatic carbocycles. The van der Waals surface area contributed by atoms with Gasteiger partial charge >= 0.3 is 18.2 Å². The third-order valence-electron chi connectivity index (χ3n) is 3.31. The highest BCUT2D eigenvalue weighted by molar-refractivity contribution is 6.07. The minimum Gasteiger partial charge on any atom is -0.334 e. The van der Waals surface area contributed by atoms with Crippen LogP contribution in [-0.4, -0.2) is 17.0 Å². The molecule has 1 aromatic carbocycles. The summed E-state index contributed by atoms with van der Waals surface area (Å²) in [7, 11) is 0. The summed E-state index contributed by atoms with van der Waals surface area (Å²) >= 11 is 0. The van der Waals surface area contributed by atoms with Crippen molar-refractivity contribution in [3.8, 4) is 0 Å². The average Bonchev–Trinajstić information content (AvgIpc) is 2.94. The molecular formula is C15H11F3N5O2. The fourth-order valence-electron chi connectivity index (χ4n) is 2.16. The Bertz CT molecular complexity index is 821. The Hall–Kier alpha value is -3.30. The number of pyridine rings is 1. The van der Waals surface area contributed by atoms with Crippen LogP contribution < -0.4 is 21.3 Å². The van der Waals surface area contributed by atoms with Crippen molar-refractivity contribution in [1.82, 2.24) is 15.6 Å². The Balaban J connectivity index is 1.59. The van der Waals surface area contributed by atoms with Crippen LogP contribution in [0.2, 0.25) is 0 Å². The quantitative estimate of drug-likeness (QED) is 0.793. The van der Waals surface area contributed by atoms with Gasteiger partial charge in [-0.3, -0.25) is 4.98 Å². The number of nitrogens with zero attached hydrogens (tertiary/aromatic N) is 2. The second-order valence-electron chi connectivity index (χ2n) is 5.10. The van der Waals surface area contributed by atoms with E-state index >= 15 is 0 Å². The van der Waals surface area contributed by atoms with Crippen LogP contribution >= 0.6 is 0 Å². The third kappa shape index (κ3) is 3.79. The number of para-hydroxylation sites is 1. The first kappa shape index (κ1) is 16.6. The van der Waals surface area contributed by atoms with Crippen molar-refractivity contribution in [3.05, 3.63) is 47.8 Å². The Kier molecular flexibility index (Phi) is 4.17. The molecule has 1 radical (unpaired) electrons. The lowest BCUT2D eigenvalue weighted by atomic mass is 10.2. The summed E-state index contributed by atoms with van der Waals surface area (Å²) in [6.45, 7) is -0.0136. The van der Waals surface area contributed by atoms with Crippen LogP contribution in [-0.2, 0) is 12.7 Å². The molecule has 10 heteroatoms. The smallest absolute Gasteiger partial charge is 0.334 e. The standard InChI is InChI=1S/C15H11F3N5O2/c16-15(17,18)11-5-4-8(6-19-11)7-20-13(24)21-9-2-1-3-10-12(9)23-14(25)22-10/h1-6H,7H2,(H,22,25)(H2,20,21,24). The predicted octanol–water partition coefficient (Wildman–Crippen LogP) is 3.20. The van der Waals surface area contributed by atoms with Crippen molar-refractivity contribution in [3.63, 3.8) is 0 Å². The third-order valence-corrected chi connectivity index (χ3v) is 3.31. The van der Waals surface area contributed by atoms with Crippen LogP contribution in [0.5, 0.6) is 0 Å².